The smallest absolute Gasteiger partial charge is 0.221 e. The number of amides is 1. The van der Waals surface area contributed by atoms with E-state index < -0.39 is 0 Å². The molecule has 6 heteroatoms. The minimum Gasteiger partial charge on any atom is -0.465 e. The molecule has 1 amide bonds. The zero-order valence-electron chi connectivity index (χ0n) is 22.8. The van der Waals surface area contributed by atoms with Gasteiger partial charge in [0.05, 0.1) is 0 Å². The lowest BCUT2D eigenvalue weighted by Crippen LogP contribution is -2.44. The molecule has 0 unspecified atom stereocenters. The van der Waals surface area contributed by atoms with Crippen molar-refractivity contribution in [1.82, 2.24) is 4.90 Å². The molecule has 2 aliphatic rings. The third-order valence-electron chi connectivity index (χ3n) is 7.72. The Bertz CT molecular complexity index is 1250. The number of nitrogens with one attached hydrogen (secondary N) is 1. The largest absolute Gasteiger partial charge is 0.465 e. The molecule has 196 valence electrons. The van der Waals surface area contributed by atoms with E-state index in [1.54, 1.807) is 6.92 Å². The number of likely N-dealkylation sites (N-methyl/N-ethyl adjacent to an activating group) is 1. The van der Waals surface area contributed by atoms with E-state index in [0.717, 1.165) is 67.6 Å². The van der Waals surface area contributed by atoms with Gasteiger partial charge in [0.25, 0.3) is 0 Å². The lowest BCUT2D eigenvalue weighted by Gasteiger charge is -2.35. The average Bonchev–Trinajstić information content (AvgIpc) is 3.25. The summed E-state index contributed by atoms with van der Waals surface area (Å²) in [6, 6.07) is 15.2. The van der Waals surface area contributed by atoms with Crippen LogP contribution in [0.25, 0.3) is 11.1 Å². The molecular weight excluding hydrogens is 460 g/mol. The minimum absolute atomic E-state index is 0.0569. The standard InChI is InChI=1S/C31H40N4O2/c1-22-11-12-25(30(19-22)34-13-6-5-7-14-34)26-20-23(2)37-31(26)21-27-28(32-24(3)36)9-8-10-29(27)35-17-15-33(4)16-18-35/h8-12,19-20H,5-7,13-18,21H2,1-4H3,(H,32,36). The number of hydrogen-bond donors (Lipinski definition) is 1. The first-order chi connectivity index (χ1) is 17.9. The van der Waals surface area contributed by atoms with E-state index in [2.05, 4.69) is 64.3 Å². The highest BCUT2D eigenvalue weighted by Crippen LogP contribution is 2.40. The fourth-order valence-corrected chi connectivity index (χ4v) is 5.76. The minimum atomic E-state index is -0.0569. The molecule has 37 heavy (non-hydrogen) atoms. The van der Waals surface area contributed by atoms with Crippen LogP contribution in [0.15, 0.2) is 46.9 Å². The Balaban J connectivity index is 1.57. The summed E-state index contributed by atoms with van der Waals surface area (Å²) in [6.45, 7) is 12.0. The molecule has 0 atom stereocenters. The Kier molecular flexibility index (Phi) is 7.56. The van der Waals surface area contributed by atoms with Crippen molar-refractivity contribution in [2.45, 2.75) is 46.5 Å². The molecule has 2 aliphatic heterocycles. The van der Waals surface area contributed by atoms with Crippen LogP contribution >= 0.6 is 0 Å². The normalized spacial score (nSPS) is 16.8. The first-order valence-corrected chi connectivity index (χ1v) is 13.7. The summed E-state index contributed by atoms with van der Waals surface area (Å²) in [6.07, 6.45) is 4.41. The highest BCUT2D eigenvalue weighted by atomic mass is 16.3. The summed E-state index contributed by atoms with van der Waals surface area (Å²) >= 11 is 0. The Morgan fingerprint density at radius 1 is 0.865 bits per heavy atom. The van der Waals surface area contributed by atoms with Gasteiger partial charge in [0.15, 0.2) is 0 Å². The van der Waals surface area contributed by atoms with Crippen LogP contribution < -0.4 is 15.1 Å². The van der Waals surface area contributed by atoms with Crippen LogP contribution in [0.4, 0.5) is 17.1 Å². The summed E-state index contributed by atoms with van der Waals surface area (Å²) in [4.78, 5) is 19.5. The number of carbonyl (C=O) groups excluding carboxylic acids is 1. The molecule has 2 saturated heterocycles. The highest BCUT2D eigenvalue weighted by molar-refractivity contribution is 5.91. The molecule has 0 aliphatic carbocycles. The second-order valence-corrected chi connectivity index (χ2v) is 10.7. The van der Waals surface area contributed by atoms with Crippen LogP contribution in [-0.4, -0.2) is 57.1 Å². The topological polar surface area (TPSA) is 52.0 Å². The molecule has 0 saturated carbocycles. The van der Waals surface area contributed by atoms with Crippen LogP contribution in [-0.2, 0) is 11.2 Å². The molecule has 0 radical (unpaired) electrons. The van der Waals surface area contributed by atoms with Gasteiger partial charge in [-0.1, -0.05) is 18.2 Å². The van der Waals surface area contributed by atoms with E-state index in [1.807, 2.05) is 19.1 Å². The van der Waals surface area contributed by atoms with Crippen LogP contribution in [0, 0.1) is 13.8 Å². The van der Waals surface area contributed by atoms with Gasteiger partial charge >= 0.3 is 0 Å². The van der Waals surface area contributed by atoms with Crippen molar-refractivity contribution in [3.8, 4) is 11.1 Å². The van der Waals surface area contributed by atoms with Crippen molar-refractivity contribution in [1.29, 1.82) is 0 Å². The Morgan fingerprint density at radius 2 is 1.59 bits per heavy atom. The van der Waals surface area contributed by atoms with Crippen LogP contribution in [0.3, 0.4) is 0 Å². The summed E-state index contributed by atoms with van der Waals surface area (Å²) in [5.74, 6) is 1.81. The van der Waals surface area contributed by atoms with Crippen LogP contribution in [0.5, 0.6) is 0 Å². The maximum Gasteiger partial charge on any atom is 0.221 e. The number of aryl methyl sites for hydroxylation is 2. The number of hydrogen-bond acceptors (Lipinski definition) is 5. The number of rotatable bonds is 6. The van der Waals surface area contributed by atoms with Gasteiger partial charge in [-0.05, 0) is 70.0 Å². The van der Waals surface area contributed by atoms with Crippen molar-refractivity contribution >= 4 is 23.0 Å². The molecule has 0 bridgehead atoms. The molecule has 1 N–H and O–H groups in total. The van der Waals surface area contributed by atoms with Crippen LogP contribution in [0.2, 0.25) is 0 Å². The van der Waals surface area contributed by atoms with Crippen molar-refractivity contribution < 1.29 is 9.21 Å². The zero-order chi connectivity index (χ0) is 25.9. The van der Waals surface area contributed by atoms with Gasteiger partial charge in [-0.3, -0.25) is 4.79 Å². The predicted molar refractivity (Wildman–Crippen MR) is 153 cm³/mol. The number of furan rings is 1. The molecule has 2 aromatic carbocycles. The molecule has 0 spiro atoms. The summed E-state index contributed by atoms with van der Waals surface area (Å²) < 4.78 is 6.41. The second-order valence-electron chi connectivity index (χ2n) is 10.7. The number of piperidine rings is 1. The summed E-state index contributed by atoms with van der Waals surface area (Å²) in [5, 5.41) is 3.09. The fraction of sp³-hybridized carbons (Fsp3) is 0.452. The van der Waals surface area contributed by atoms with E-state index in [1.165, 1.54) is 41.8 Å². The Hall–Kier alpha value is -3.25. The number of benzene rings is 2. The maximum atomic E-state index is 12.1. The first-order valence-electron chi connectivity index (χ1n) is 13.7. The van der Waals surface area contributed by atoms with E-state index in [-0.39, 0.29) is 5.91 Å². The zero-order valence-corrected chi connectivity index (χ0v) is 22.8. The Morgan fingerprint density at radius 3 is 2.32 bits per heavy atom. The highest BCUT2D eigenvalue weighted by Gasteiger charge is 2.24. The van der Waals surface area contributed by atoms with E-state index in [4.69, 9.17) is 4.42 Å². The van der Waals surface area contributed by atoms with Crippen LogP contribution in [0.1, 0.15) is 48.8 Å². The molecule has 3 aromatic rings. The fourth-order valence-electron chi connectivity index (χ4n) is 5.76. The Labute approximate surface area is 221 Å². The number of carbonyl (C=O) groups is 1. The van der Waals surface area contributed by atoms with Crippen molar-refractivity contribution in [3.05, 3.63) is 65.1 Å². The molecule has 2 fully saturated rings. The second kappa shape index (κ2) is 11.0. The third kappa shape index (κ3) is 5.69. The number of anilines is 3. The van der Waals surface area contributed by atoms with E-state index in [0.29, 0.717) is 6.42 Å². The average molecular weight is 501 g/mol. The quantitative estimate of drug-likeness (QED) is 0.460. The molecular formula is C31H40N4O2. The summed E-state index contributed by atoms with van der Waals surface area (Å²) in [5.41, 5.74) is 8.13. The van der Waals surface area contributed by atoms with Crippen molar-refractivity contribution in [3.63, 3.8) is 0 Å². The maximum absolute atomic E-state index is 12.1. The van der Waals surface area contributed by atoms with Gasteiger partial charge in [-0.15, -0.1) is 0 Å². The summed E-state index contributed by atoms with van der Waals surface area (Å²) in [7, 11) is 2.17. The van der Waals surface area contributed by atoms with Gasteiger partial charge in [0, 0.05) is 86.4 Å². The number of nitrogens with zero attached hydrogens (tertiary/aromatic N) is 3. The lowest BCUT2D eigenvalue weighted by molar-refractivity contribution is -0.114. The number of piperazine rings is 1. The first kappa shape index (κ1) is 25.4. The molecule has 5 rings (SSSR count). The third-order valence-corrected chi connectivity index (χ3v) is 7.72. The van der Waals surface area contributed by atoms with Crippen molar-refractivity contribution in [2.75, 3.05) is 61.4 Å². The lowest BCUT2D eigenvalue weighted by atomic mass is 9.96. The van der Waals surface area contributed by atoms with Gasteiger partial charge < -0.3 is 24.4 Å². The predicted octanol–water partition coefficient (Wildman–Crippen LogP) is 5.85. The van der Waals surface area contributed by atoms with Gasteiger partial charge in [-0.25, -0.2) is 0 Å². The SMILES string of the molecule is CC(=O)Nc1cccc(N2CCN(C)CC2)c1Cc1oc(C)cc1-c1ccc(C)cc1N1CCCCC1. The molecule has 1 aromatic heterocycles. The van der Waals surface area contributed by atoms with Gasteiger partial charge in [0.1, 0.15) is 11.5 Å². The monoisotopic (exact) mass is 500 g/mol. The van der Waals surface area contributed by atoms with Crippen molar-refractivity contribution in [2.24, 2.45) is 0 Å². The van der Waals surface area contributed by atoms with E-state index >= 15 is 0 Å². The molecule has 3 heterocycles. The van der Waals surface area contributed by atoms with Gasteiger partial charge in [-0.2, -0.15) is 0 Å². The van der Waals surface area contributed by atoms with E-state index in [9.17, 15) is 4.79 Å². The van der Waals surface area contributed by atoms with Gasteiger partial charge in [0.2, 0.25) is 5.91 Å². The molecule has 6 nitrogen and oxygen atoms in total.